The second kappa shape index (κ2) is 7.81. The summed E-state index contributed by atoms with van der Waals surface area (Å²) in [7, 11) is 0. The number of rotatable bonds is 4. The maximum Gasteiger partial charge on any atom is 0.256 e. The van der Waals surface area contributed by atoms with E-state index in [-0.39, 0.29) is 11.8 Å². The average Bonchev–Trinajstić information content (AvgIpc) is 3.34. The minimum Gasteiger partial charge on any atom is -0.349 e. The Hall–Kier alpha value is -2.57. The van der Waals surface area contributed by atoms with E-state index in [1.54, 1.807) is 17.0 Å². The SMILES string of the molecule is O=C(NCc1cn2ccccc2n1)C1CCCN1C(=O)c1cc(Cl)ccc1Cl. The maximum atomic E-state index is 12.9. The minimum absolute atomic E-state index is 0.193. The lowest BCUT2D eigenvalue weighted by molar-refractivity contribution is -0.125. The largest absolute Gasteiger partial charge is 0.349 e. The van der Waals surface area contributed by atoms with Gasteiger partial charge in [0.1, 0.15) is 11.7 Å². The molecule has 0 aliphatic carbocycles. The van der Waals surface area contributed by atoms with Crippen LogP contribution in [0.2, 0.25) is 10.0 Å². The van der Waals surface area contributed by atoms with Gasteiger partial charge in [-0.2, -0.15) is 0 Å². The molecule has 2 aromatic heterocycles. The number of carbonyl (C=O) groups excluding carboxylic acids is 2. The highest BCUT2D eigenvalue weighted by molar-refractivity contribution is 6.35. The first-order valence-corrected chi connectivity index (χ1v) is 9.75. The predicted octanol–water partition coefficient (Wildman–Crippen LogP) is 3.56. The van der Waals surface area contributed by atoms with Crippen LogP contribution in [0.25, 0.3) is 5.65 Å². The smallest absolute Gasteiger partial charge is 0.256 e. The number of nitrogens with one attached hydrogen (secondary N) is 1. The molecular formula is C20H18Cl2N4O2. The summed E-state index contributed by atoms with van der Waals surface area (Å²) in [4.78, 5) is 31.7. The molecule has 28 heavy (non-hydrogen) atoms. The molecule has 1 saturated heterocycles. The quantitative estimate of drug-likeness (QED) is 0.706. The van der Waals surface area contributed by atoms with Gasteiger partial charge < -0.3 is 14.6 Å². The van der Waals surface area contributed by atoms with E-state index in [0.717, 1.165) is 17.8 Å². The molecule has 2 amide bonds. The Morgan fingerprint density at radius 2 is 2.07 bits per heavy atom. The fourth-order valence-electron chi connectivity index (χ4n) is 3.47. The van der Waals surface area contributed by atoms with Crippen LogP contribution in [0.3, 0.4) is 0 Å². The molecule has 6 nitrogen and oxygen atoms in total. The summed E-state index contributed by atoms with van der Waals surface area (Å²) in [6.07, 6.45) is 5.15. The zero-order valence-electron chi connectivity index (χ0n) is 14.9. The van der Waals surface area contributed by atoms with Crippen molar-refractivity contribution >= 4 is 40.7 Å². The van der Waals surface area contributed by atoms with E-state index in [1.165, 1.54) is 6.07 Å². The van der Waals surface area contributed by atoms with Crippen LogP contribution in [0.1, 0.15) is 28.9 Å². The number of hydrogen-bond donors (Lipinski definition) is 1. The molecule has 1 aliphatic rings. The molecule has 4 rings (SSSR count). The van der Waals surface area contributed by atoms with Crippen LogP contribution in [0, 0.1) is 0 Å². The number of nitrogens with zero attached hydrogens (tertiary/aromatic N) is 3. The van der Waals surface area contributed by atoms with E-state index >= 15 is 0 Å². The van der Waals surface area contributed by atoms with Crippen LogP contribution in [0.5, 0.6) is 0 Å². The fourth-order valence-corrected chi connectivity index (χ4v) is 3.84. The highest BCUT2D eigenvalue weighted by Gasteiger charge is 2.35. The van der Waals surface area contributed by atoms with Gasteiger partial charge in [-0.15, -0.1) is 0 Å². The molecule has 0 bridgehead atoms. The zero-order valence-corrected chi connectivity index (χ0v) is 16.5. The number of amides is 2. The van der Waals surface area contributed by atoms with Gasteiger partial charge >= 0.3 is 0 Å². The zero-order chi connectivity index (χ0) is 19.7. The van der Waals surface area contributed by atoms with Crippen molar-refractivity contribution in [2.24, 2.45) is 0 Å². The molecule has 8 heteroatoms. The number of aromatic nitrogens is 2. The first-order valence-electron chi connectivity index (χ1n) is 8.99. The average molecular weight is 417 g/mol. The lowest BCUT2D eigenvalue weighted by atomic mass is 10.1. The van der Waals surface area contributed by atoms with Crippen molar-refractivity contribution in [2.45, 2.75) is 25.4 Å². The molecule has 1 aromatic carbocycles. The number of halogens is 2. The van der Waals surface area contributed by atoms with Gasteiger partial charge in [0.15, 0.2) is 0 Å². The van der Waals surface area contributed by atoms with Crippen molar-refractivity contribution in [2.75, 3.05) is 6.54 Å². The second-order valence-corrected chi connectivity index (χ2v) is 7.54. The maximum absolute atomic E-state index is 12.9. The summed E-state index contributed by atoms with van der Waals surface area (Å²) in [5, 5.41) is 3.65. The van der Waals surface area contributed by atoms with Gasteiger partial charge in [-0.1, -0.05) is 29.3 Å². The second-order valence-electron chi connectivity index (χ2n) is 6.70. The first kappa shape index (κ1) is 18.8. The molecule has 1 N–H and O–H groups in total. The third kappa shape index (κ3) is 3.70. The summed E-state index contributed by atoms with van der Waals surface area (Å²) in [6, 6.07) is 9.95. The van der Waals surface area contributed by atoms with E-state index < -0.39 is 6.04 Å². The topological polar surface area (TPSA) is 66.7 Å². The summed E-state index contributed by atoms with van der Waals surface area (Å²) >= 11 is 12.2. The summed E-state index contributed by atoms with van der Waals surface area (Å²) in [6.45, 7) is 0.811. The highest BCUT2D eigenvalue weighted by atomic mass is 35.5. The van der Waals surface area contributed by atoms with Crippen LogP contribution >= 0.6 is 23.2 Å². The summed E-state index contributed by atoms with van der Waals surface area (Å²) in [5.41, 5.74) is 1.89. The minimum atomic E-state index is -0.528. The van der Waals surface area contributed by atoms with Crippen LogP contribution in [0.15, 0.2) is 48.8 Å². The van der Waals surface area contributed by atoms with Crippen LogP contribution in [-0.4, -0.2) is 38.7 Å². The standard InChI is InChI=1S/C20H18Cl2N4O2/c21-13-6-7-16(22)15(10-13)20(28)26-9-3-4-17(26)19(27)23-11-14-12-25-8-2-1-5-18(25)24-14/h1-2,5-8,10,12,17H,3-4,9,11H2,(H,23,27). The lowest BCUT2D eigenvalue weighted by Crippen LogP contribution is -2.45. The highest BCUT2D eigenvalue weighted by Crippen LogP contribution is 2.26. The molecule has 3 aromatic rings. The first-order chi connectivity index (χ1) is 13.5. The molecule has 0 radical (unpaired) electrons. The Kier molecular flexibility index (Phi) is 5.24. The number of imidazole rings is 1. The van der Waals surface area contributed by atoms with E-state index in [2.05, 4.69) is 10.3 Å². The Morgan fingerprint density at radius 1 is 1.21 bits per heavy atom. The third-order valence-electron chi connectivity index (χ3n) is 4.83. The molecule has 1 aliphatic heterocycles. The van der Waals surface area contributed by atoms with E-state index in [1.807, 2.05) is 35.0 Å². The number of benzene rings is 1. The lowest BCUT2D eigenvalue weighted by Gasteiger charge is -2.24. The molecule has 1 fully saturated rings. The van der Waals surface area contributed by atoms with Crippen molar-refractivity contribution in [1.82, 2.24) is 19.6 Å². The predicted molar refractivity (Wildman–Crippen MR) is 108 cm³/mol. The molecule has 1 atom stereocenters. The Morgan fingerprint density at radius 3 is 2.89 bits per heavy atom. The monoisotopic (exact) mass is 416 g/mol. The van der Waals surface area contributed by atoms with Gasteiger partial charge in [0, 0.05) is 24.0 Å². The summed E-state index contributed by atoms with van der Waals surface area (Å²) in [5.74, 6) is -0.473. The number of fused-ring (bicyclic) bond motifs is 1. The van der Waals surface area contributed by atoms with Crippen LogP contribution < -0.4 is 5.32 Å². The van der Waals surface area contributed by atoms with E-state index in [9.17, 15) is 9.59 Å². The van der Waals surface area contributed by atoms with Crippen molar-refractivity contribution in [3.63, 3.8) is 0 Å². The van der Waals surface area contributed by atoms with Gasteiger partial charge in [-0.05, 0) is 43.2 Å². The van der Waals surface area contributed by atoms with E-state index in [4.69, 9.17) is 23.2 Å². The Balaban J connectivity index is 1.45. The molecule has 0 saturated carbocycles. The molecule has 0 spiro atoms. The molecule has 3 heterocycles. The van der Waals surface area contributed by atoms with Crippen molar-refractivity contribution in [3.8, 4) is 0 Å². The Bertz CT molecular complexity index is 1020. The third-order valence-corrected chi connectivity index (χ3v) is 5.40. The fraction of sp³-hybridized carbons (Fsp3) is 0.250. The summed E-state index contributed by atoms with van der Waals surface area (Å²) < 4.78 is 1.90. The van der Waals surface area contributed by atoms with Gasteiger partial charge in [0.25, 0.3) is 5.91 Å². The molecular weight excluding hydrogens is 399 g/mol. The van der Waals surface area contributed by atoms with Crippen LogP contribution in [0.4, 0.5) is 0 Å². The van der Waals surface area contributed by atoms with Crippen LogP contribution in [-0.2, 0) is 11.3 Å². The number of hydrogen-bond acceptors (Lipinski definition) is 3. The normalized spacial score (nSPS) is 16.5. The van der Waals surface area contributed by atoms with Crippen molar-refractivity contribution in [3.05, 3.63) is 70.1 Å². The molecule has 144 valence electrons. The van der Waals surface area contributed by atoms with Gasteiger partial charge in [-0.25, -0.2) is 4.98 Å². The van der Waals surface area contributed by atoms with E-state index in [0.29, 0.717) is 35.1 Å². The van der Waals surface area contributed by atoms with Gasteiger partial charge in [0.05, 0.1) is 22.8 Å². The number of carbonyl (C=O) groups is 2. The van der Waals surface area contributed by atoms with Gasteiger partial charge in [0.2, 0.25) is 5.91 Å². The van der Waals surface area contributed by atoms with Gasteiger partial charge in [-0.3, -0.25) is 9.59 Å². The Labute approximate surface area is 172 Å². The van der Waals surface area contributed by atoms with Crippen molar-refractivity contribution in [1.29, 1.82) is 0 Å². The molecule has 1 unspecified atom stereocenters. The van der Waals surface area contributed by atoms with Crippen molar-refractivity contribution < 1.29 is 9.59 Å². The number of pyridine rings is 1. The number of likely N-dealkylation sites (tertiary alicyclic amines) is 1.